The minimum absolute atomic E-state index is 0.0395. The molecule has 10 nitrogen and oxygen atoms in total. The van der Waals surface area contributed by atoms with Crippen molar-refractivity contribution in [1.82, 2.24) is 5.43 Å². The lowest BCUT2D eigenvalue weighted by atomic mass is 10.1. The van der Waals surface area contributed by atoms with E-state index in [1.54, 1.807) is 24.3 Å². The molecule has 3 rings (SSSR count). The third-order valence-corrected chi connectivity index (χ3v) is 4.12. The Balaban J connectivity index is 1.80. The summed E-state index contributed by atoms with van der Waals surface area (Å²) in [7, 11) is 2.78. The first-order valence-corrected chi connectivity index (χ1v) is 8.87. The third kappa shape index (κ3) is 4.32. The van der Waals surface area contributed by atoms with Crippen LogP contribution < -0.4 is 19.6 Å². The van der Waals surface area contributed by atoms with E-state index in [1.165, 1.54) is 26.4 Å². The summed E-state index contributed by atoms with van der Waals surface area (Å²) in [6.07, 6.45) is 1.15. The normalized spacial score (nSPS) is 10.9. The number of fused-ring (bicyclic) bond motifs is 1. The van der Waals surface area contributed by atoms with Crippen LogP contribution in [-0.4, -0.2) is 37.9 Å². The fourth-order valence-corrected chi connectivity index (χ4v) is 2.75. The van der Waals surface area contributed by atoms with E-state index in [0.717, 1.165) is 6.21 Å². The highest BCUT2D eigenvalue weighted by molar-refractivity contribution is 5.97. The summed E-state index contributed by atoms with van der Waals surface area (Å²) in [5.74, 6) is 0.593. The molecule has 1 heterocycles. The molecule has 1 N–H and O–H groups in total. The van der Waals surface area contributed by atoms with Gasteiger partial charge in [-0.2, -0.15) is 5.10 Å². The van der Waals surface area contributed by atoms with Crippen molar-refractivity contribution in [2.24, 2.45) is 5.10 Å². The number of benzene rings is 2. The molecule has 0 saturated carbocycles. The molecule has 0 unspecified atom stereocenters. The minimum Gasteiger partial charge on any atom is -0.494 e. The second-order valence-electron chi connectivity index (χ2n) is 5.97. The molecule has 0 fully saturated rings. The molecule has 0 atom stereocenters. The number of methoxy groups -OCH3 is 2. The Morgan fingerprint density at radius 3 is 2.60 bits per heavy atom. The van der Waals surface area contributed by atoms with Crippen molar-refractivity contribution < 1.29 is 28.3 Å². The molecule has 0 saturated heterocycles. The fourth-order valence-electron chi connectivity index (χ4n) is 2.75. The monoisotopic (exact) mass is 413 g/mol. The molecule has 156 valence electrons. The van der Waals surface area contributed by atoms with E-state index in [0.29, 0.717) is 29.1 Å². The lowest BCUT2D eigenvalue weighted by molar-refractivity contribution is -0.385. The molecule has 1 aromatic heterocycles. The number of nitrogens with zero attached hydrogens (tertiary/aromatic N) is 2. The first-order valence-electron chi connectivity index (χ1n) is 8.87. The van der Waals surface area contributed by atoms with Crippen molar-refractivity contribution in [2.75, 3.05) is 20.8 Å². The Bertz CT molecular complexity index is 1120. The van der Waals surface area contributed by atoms with Gasteiger partial charge in [-0.05, 0) is 37.3 Å². The molecule has 0 aliphatic heterocycles. The van der Waals surface area contributed by atoms with Crippen LogP contribution in [0.15, 0.2) is 45.9 Å². The molecular formula is C20H19N3O7. The predicted molar refractivity (Wildman–Crippen MR) is 109 cm³/mol. The van der Waals surface area contributed by atoms with Gasteiger partial charge in [-0.15, -0.1) is 0 Å². The average molecular weight is 413 g/mol. The van der Waals surface area contributed by atoms with Gasteiger partial charge < -0.3 is 18.6 Å². The largest absolute Gasteiger partial charge is 0.494 e. The van der Waals surface area contributed by atoms with Crippen LogP contribution in [0, 0.1) is 10.1 Å². The van der Waals surface area contributed by atoms with Gasteiger partial charge in [-0.25, -0.2) is 5.43 Å². The molecular weight excluding hydrogens is 394 g/mol. The molecule has 1 amide bonds. The van der Waals surface area contributed by atoms with Crippen molar-refractivity contribution in [3.63, 3.8) is 0 Å². The number of rotatable bonds is 8. The molecule has 3 aromatic rings. The van der Waals surface area contributed by atoms with Gasteiger partial charge in [0.15, 0.2) is 17.3 Å². The maximum Gasteiger partial charge on any atom is 0.307 e. The van der Waals surface area contributed by atoms with Gasteiger partial charge in [0.1, 0.15) is 11.3 Å². The van der Waals surface area contributed by atoms with Crippen molar-refractivity contribution in [3.05, 3.63) is 57.8 Å². The Morgan fingerprint density at radius 1 is 1.20 bits per heavy atom. The predicted octanol–water partition coefficient (Wildman–Crippen LogP) is 3.52. The molecule has 0 radical (unpaired) electrons. The topological polar surface area (TPSA) is 125 Å². The summed E-state index contributed by atoms with van der Waals surface area (Å²) in [6.45, 7) is 2.40. The Hall–Kier alpha value is -4.08. The quantitative estimate of drug-likeness (QED) is 0.340. The molecule has 2 aromatic carbocycles. The van der Waals surface area contributed by atoms with Gasteiger partial charge in [-0.3, -0.25) is 14.9 Å². The summed E-state index contributed by atoms with van der Waals surface area (Å²) in [5, 5.41) is 15.8. The Labute approximate surface area is 171 Å². The van der Waals surface area contributed by atoms with Gasteiger partial charge in [0.05, 0.1) is 43.6 Å². The highest BCUT2D eigenvalue weighted by atomic mass is 16.6. The first-order chi connectivity index (χ1) is 14.5. The van der Waals surface area contributed by atoms with Crippen molar-refractivity contribution in [3.8, 4) is 17.2 Å². The number of nitrogens with one attached hydrogen (secondary N) is 1. The van der Waals surface area contributed by atoms with Crippen LogP contribution in [0.2, 0.25) is 0 Å². The van der Waals surface area contributed by atoms with E-state index in [2.05, 4.69) is 10.5 Å². The van der Waals surface area contributed by atoms with E-state index in [4.69, 9.17) is 18.6 Å². The zero-order chi connectivity index (χ0) is 21.7. The average Bonchev–Trinajstić information content (AvgIpc) is 3.16. The van der Waals surface area contributed by atoms with E-state index < -0.39 is 10.8 Å². The zero-order valence-electron chi connectivity index (χ0n) is 16.5. The van der Waals surface area contributed by atoms with Crippen LogP contribution in [0.5, 0.6) is 17.2 Å². The van der Waals surface area contributed by atoms with Crippen LogP contribution in [-0.2, 0) is 0 Å². The number of hydrogen-bond acceptors (Lipinski definition) is 8. The van der Waals surface area contributed by atoms with E-state index in [-0.39, 0.29) is 22.8 Å². The van der Waals surface area contributed by atoms with E-state index in [9.17, 15) is 14.9 Å². The first kappa shape index (κ1) is 20.6. The van der Waals surface area contributed by atoms with Crippen molar-refractivity contribution in [1.29, 1.82) is 0 Å². The lowest BCUT2D eigenvalue weighted by Crippen LogP contribution is -2.16. The van der Waals surface area contributed by atoms with Gasteiger partial charge in [0, 0.05) is 5.39 Å². The van der Waals surface area contributed by atoms with E-state index in [1.807, 2.05) is 6.92 Å². The summed E-state index contributed by atoms with van der Waals surface area (Å²) in [5.41, 5.74) is 2.68. The van der Waals surface area contributed by atoms with Gasteiger partial charge >= 0.3 is 5.91 Å². The molecule has 30 heavy (non-hydrogen) atoms. The van der Waals surface area contributed by atoms with Crippen molar-refractivity contribution >= 4 is 28.8 Å². The number of carbonyl (C=O) groups is 1. The number of nitro benzene ring substituents is 1. The lowest BCUT2D eigenvalue weighted by Gasteiger charge is -2.08. The number of hydrazone groups is 1. The maximum atomic E-state index is 12.3. The maximum absolute atomic E-state index is 12.3. The Kier molecular flexibility index (Phi) is 6.16. The van der Waals surface area contributed by atoms with Crippen LogP contribution in [0.25, 0.3) is 11.0 Å². The number of nitro groups is 1. The summed E-state index contributed by atoms with van der Waals surface area (Å²) in [6, 6.07) is 9.37. The molecule has 10 heteroatoms. The number of hydrogen-bond donors (Lipinski definition) is 1. The fraction of sp³-hybridized carbons (Fsp3) is 0.200. The summed E-state index contributed by atoms with van der Waals surface area (Å²) < 4.78 is 21.1. The second-order valence-corrected chi connectivity index (χ2v) is 5.97. The second kappa shape index (κ2) is 8.95. The number of amides is 1. The molecule has 0 bridgehead atoms. The highest BCUT2D eigenvalue weighted by Gasteiger charge is 2.19. The molecule has 0 aliphatic rings. The summed E-state index contributed by atoms with van der Waals surface area (Å²) >= 11 is 0. The third-order valence-electron chi connectivity index (χ3n) is 4.12. The smallest absolute Gasteiger partial charge is 0.307 e. The SMILES string of the molecule is CCOc1ccc2oc(C(=O)N/N=C/c3cc(OC)c(OC)cc3[N+](=O)[O-])cc2c1. The van der Waals surface area contributed by atoms with E-state index >= 15 is 0 Å². The number of furan rings is 1. The van der Waals surface area contributed by atoms with Crippen LogP contribution in [0.4, 0.5) is 5.69 Å². The number of ether oxygens (including phenoxy) is 3. The van der Waals surface area contributed by atoms with Crippen LogP contribution >= 0.6 is 0 Å². The highest BCUT2D eigenvalue weighted by Crippen LogP contribution is 2.33. The minimum atomic E-state index is -0.608. The van der Waals surface area contributed by atoms with Crippen LogP contribution in [0.3, 0.4) is 0 Å². The molecule has 0 aliphatic carbocycles. The number of carbonyl (C=O) groups excluding carboxylic acids is 1. The van der Waals surface area contributed by atoms with Gasteiger partial charge in [-0.1, -0.05) is 0 Å². The van der Waals surface area contributed by atoms with Gasteiger partial charge in [0.2, 0.25) is 0 Å². The molecule has 0 spiro atoms. The van der Waals surface area contributed by atoms with Gasteiger partial charge in [0.25, 0.3) is 5.69 Å². The summed E-state index contributed by atoms with van der Waals surface area (Å²) in [4.78, 5) is 23.1. The van der Waals surface area contributed by atoms with Crippen LogP contribution in [0.1, 0.15) is 23.0 Å². The van der Waals surface area contributed by atoms with Crippen molar-refractivity contribution in [2.45, 2.75) is 6.92 Å². The zero-order valence-corrected chi connectivity index (χ0v) is 16.5. The Morgan fingerprint density at radius 2 is 1.93 bits per heavy atom. The standard InChI is InChI=1S/C20H19N3O7/c1-4-29-14-5-6-16-12(7-14)8-19(30-16)20(24)22-21-11-13-9-17(27-2)18(28-3)10-15(13)23(25)26/h5-11H,4H2,1-3H3,(H,22,24)/b21-11+.